The minimum atomic E-state index is -3.45. The number of hydrogen-bond donors (Lipinski definition) is 0. The number of aryl methyl sites for hydroxylation is 1. The van der Waals surface area contributed by atoms with Crippen molar-refractivity contribution in [2.75, 3.05) is 5.88 Å². The predicted molar refractivity (Wildman–Crippen MR) is 56.6 cm³/mol. The summed E-state index contributed by atoms with van der Waals surface area (Å²) >= 11 is 6.68. The van der Waals surface area contributed by atoms with E-state index in [0.29, 0.717) is 5.01 Å². The van der Waals surface area contributed by atoms with E-state index in [1.807, 2.05) is 0 Å². The molecule has 0 aliphatic heterocycles. The molecule has 0 aliphatic rings. The zero-order chi connectivity index (χ0) is 11.0. The summed E-state index contributed by atoms with van der Waals surface area (Å²) in [6, 6.07) is 0. The second-order valence-electron chi connectivity index (χ2n) is 3.48. The Morgan fingerprint density at radius 2 is 2.00 bits per heavy atom. The van der Waals surface area contributed by atoms with Gasteiger partial charge in [-0.05, 0) is 20.8 Å². The van der Waals surface area contributed by atoms with E-state index >= 15 is 0 Å². The molecule has 0 atom stereocenters. The molecule has 14 heavy (non-hydrogen) atoms. The maximum Gasteiger partial charge on any atom is 0.233 e. The molecule has 80 valence electrons. The van der Waals surface area contributed by atoms with Crippen LogP contribution in [0.3, 0.4) is 0 Å². The van der Waals surface area contributed by atoms with Crippen LogP contribution in [0.2, 0.25) is 0 Å². The van der Waals surface area contributed by atoms with Crippen LogP contribution >= 0.6 is 22.9 Å². The van der Waals surface area contributed by atoms with Crippen molar-refractivity contribution in [2.24, 2.45) is 0 Å². The molecule has 0 N–H and O–H groups in total. The lowest BCUT2D eigenvalue weighted by Gasteiger charge is -2.19. The first-order valence-electron chi connectivity index (χ1n) is 3.92. The Hall–Kier alpha value is -0.200. The van der Waals surface area contributed by atoms with E-state index in [0.717, 1.165) is 11.3 Å². The van der Waals surface area contributed by atoms with Gasteiger partial charge in [0, 0.05) is 5.88 Å². The van der Waals surface area contributed by atoms with Gasteiger partial charge >= 0.3 is 0 Å². The number of sulfone groups is 1. The molecule has 7 heteroatoms. The largest absolute Gasteiger partial charge is 0.233 e. The van der Waals surface area contributed by atoms with Crippen molar-refractivity contribution in [1.82, 2.24) is 10.2 Å². The molecule has 0 saturated heterocycles. The number of nitrogens with zero attached hydrogens (tertiary/aromatic N) is 2. The fourth-order valence-electron chi connectivity index (χ4n) is 0.695. The molecule has 0 aliphatic carbocycles. The van der Waals surface area contributed by atoms with Gasteiger partial charge in [0.15, 0.2) is 0 Å². The Kier molecular flexibility index (Phi) is 3.18. The van der Waals surface area contributed by atoms with E-state index < -0.39 is 14.6 Å². The molecule has 0 saturated carbocycles. The van der Waals surface area contributed by atoms with Gasteiger partial charge in [-0.25, -0.2) is 8.42 Å². The summed E-state index contributed by atoms with van der Waals surface area (Å²) in [6.07, 6.45) is 0. The number of aromatic nitrogens is 2. The highest BCUT2D eigenvalue weighted by molar-refractivity contribution is 7.94. The second-order valence-corrected chi connectivity index (χ2v) is 7.69. The van der Waals surface area contributed by atoms with Gasteiger partial charge < -0.3 is 0 Å². The Labute approximate surface area is 92.2 Å². The molecule has 0 unspecified atom stereocenters. The Morgan fingerprint density at radius 3 is 2.36 bits per heavy atom. The second kappa shape index (κ2) is 3.75. The maximum atomic E-state index is 11.9. The highest BCUT2D eigenvalue weighted by Crippen LogP contribution is 2.28. The fraction of sp³-hybridized carbons (Fsp3) is 0.714. The minimum absolute atomic E-state index is 0.0357. The van der Waals surface area contributed by atoms with Gasteiger partial charge in [-0.15, -0.1) is 21.8 Å². The van der Waals surface area contributed by atoms with Crippen LogP contribution in [0.1, 0.15) is 18.9 Å². The summed E-state index contributed by atoms with van der Waals surface area (Å²) in [5.41, 5.74) is 0. The van der Waals surface area contributed by atoms with Crippen molar-refractivity contribution < 1.29 is 8.42 Å². The third kappa shape index (κ3) is 1.92. The zero-order valence-electron chi connectivity index (χ0n) is 8.11. The molecular weight excluding hydrogens is 244 g/mol. The lowest BCUT2D eigenvalue weighted by atomic mass is 10.2. The van der Waals surface area contributed by atoms with Crippen LogP contribution in [-0.2, 0) is 9.84 Å². The summed E-state index contributed by atoms with van der Waals surface area (Å²) in [4.78, 5) is 0. The average molecular weight is 255 g/mol. The molecule has 1 aromatic heterocycles. The summed E-state index contributed by atoms with van der Waals surface area (Å²) in [5, 5.41) is 7.93. The molecule has 0 amide bonds. The van der Waals surface area contributed by atoms with Crippen molar-refractivity contribution in [1.29, 1.82) is 0 Å². The van der Waals surface area contributed by atoms with Crippen LogP contribution < -0.4 is 0 Å². The van der Waals surface area contributed by atoms with E-state index in [9.17, 15) is 8.42 Å². The highest BCUT2D eigenvalue weighted by atomic mass is 35.5. The molecule has 0 spiro atoms. The van der Waals surface area contributed by atoms with Crippen molar-refractivity contribution in [3.05, 3.63) is 5.01 Å². The highest BCUT2D eigenvalue weighted by Gasteiger charge is 2.37. The van der Waals surface area contributed by atoms with E-state index in [2.05, 4.69) is 10.2 Å². The molecule has 0 bridgehead atoms. The van der Waals surface area contributed by atoms with E-state index in [1.54, 1.807) is 20.8 Å². The molecule has 0 aromatic carbocycles. The summed E-state index contributed by atoms with van der Waals surface area (Å²) < 4.78 is 22.9. The number of alkyl halides is 1. The molecule has 1 heterocycles. The SMILES string of the molecule is Cc1nnc(S(=O)(=O)C(C)(C)CCl)s1. The van der Waals surface area contributed by atoms with Gasteiger partial charge in [-0.3, -0.25) is 0 Å². The minimum Gasteiger partial charge on any atom is -0.221 e. The number of rotatable bonds is 3. The summed E-state index contributed by atoms with van der Waals surface area (Å²) in [5.74, 6) is 0.0357. The van der Waals surface area contributed by atoms with Crippen LogP contribution in [0, 0.1) is 6.92 Å². The molecule has 0 radical (unpaired) electrons. The Morgan fingerprint density at radius 1 is 1.43 bits per heavy atom. The van der Waals surface area contributed by atoms with Crippen molar-refractivity contribution in [3.63, 3.8) is 0 Å². The van der Waals surface area contributed by atoms with Crippen LogP contribution in [0.4, 0.5) is 0 Å². The topological polar surface area (TPSA) is 59.9 Å². The Balaban J connectivity index is 3.22. The third-order valence-corrected chi connectivity index (χ3v) is 6.30. The number of halogens is 1. The van der Waals surface area contributed by atoms with Crippen LogP contribution in [0.5, 0.6) is 0 Å². The molecule has 1 rings (SSSR count). The van der Waals surface area contributed by atoms with E-state index in [1.165, 1.54) is 0 Å². The van der Waals surface area contributed by atoms with Crippen LogP contribution in [-0.4, -0.2) is 29.2 Å². The molecule has 4 nitrogen and oxygen atoms in total. The molecule has 0 fully saturated rings. The average Bonchev–Trinajstić information content (AvgIpc) is 2.52. The normalized spacial score (nSPS) is 13.1. The fourth-order valence-corrected chi connectivity index (χ4v) is 3.78. The lowest BCUT2D eigenvalue weighted by molar-refractivity contribution is 0.559. The predicted octanol–water partition coefficient (Wildman–Crippen LogP) is 1.64. The third-order valence-electron chi connectivity index (χ3n) is 1.79. The summed E-state index contributed by atoms with van der Waals surface area (Å²) in [6.45, 7) is 4.86. The summed E-state index contributed by atoms with van der Waals surface area (Å²) in [7, 11) is -3.45. The standard InChI is InChI=1S/C7H11ClN2O2S2/c1-5-9-10-6(13-5)14(11,12)7(2,3)4-8/h4H2,1-3H3. The zero-order valence-corrected chi connectivity index (χ0v) is 10.5. The van der Waals surface area contributed by atoms with Gasteiger partial charge in [0.25, 0.3) is 0 Å². The molecule has 1 aromatic rings. The van der Waals surface area contributed by atoms with Crippen LogP contribution in [0.15, 0.2) is 4.34 Å². The molecular formula is C7H11ClN2O2S2. The number of hydrogen-bond acceptors (Lipinski definition) is 5. The smallest absolute Gasteiger partial charge is 0.221 e. The first-order valence-corrected chi connectivity index (χ1v) is 6.75. The van der Waals surface area contributed by atoms with Crippen molar-refractivity contribution >= 4 is 32.8 Å². The lowest BCUT2D eigenvalue weighted by Crippen LogP contribution is -2.33. The Bertz CT molecular complexity index is 425. The quantitative estimate of drug-likeness (QED) is 0.770. The van der Waals surface area contributed by atoms with Gasteiger partial charge in [0.1, 0.15) is 5.01 Å². The monoisotopic (exact) mass is 254 g/mol. The first-order chi connectivity index (χ1) is 6.31. The van der Waals surface area contributed by atoms with Gasteiger partial charge in [0.05, 0.1) is 4.75 Å². The van der Waals surface area contributed by atoms with E-state index in [4.69, 9.17) is 11.6 Å². The van der Waals surface area contributed by atoms with E-state index in [-0.39, 0.29) is 10.2 Å². The van der Waals surface area contributed by atoms with Gasteiger partial charge in [0.2, 0.25) is 14.2 Å². The van der Waals surface area contributed by atoms with Crippen LogP contribution in [0.25, 0.3) is 0 Å². The maximum absolute atomic E-state index is 11.9. The van der Waals surface area contributed by atoms with Crippen molar-refractivity contribution in [3.8, 4) is 0 Å². The first kappa shape index (κ1) is 11.9. The van der Waals surface area contributed by atoms with Gasteiger partial charge in [-0.1, -0.05) is 11.3 Å². The van der Waals surface area contributed by atoms with Crippen molar-refractivity contribution in [2.45, 2.75) is 29.9 Å². The van der Waals surface area contributed by atoms with Gasteiger partial charge in [-0.2, -0.15) is 0 Å².